The van der Waals surface area contributed by atoms with Crippen molar-refractivity contribution < 1.29 is 4.74 Å². The lowest BCUT2D eigenvalue weighted by Crippen LogP contribution is -2.48. The predicted molar refractivity (Wildman–Crippen MR) is 108 cm³/mol. The minimum absolute atomic E-state index is 0. The fourth-order valence-electron chi connectivity index (χ4n) is 2.74. The summed E-state index contributed by atoms with van der Waals surface area (Å²) in [5.74, 6) is 0.942. The molecule has 2 aromatic rings. The average molecular weight is 461 g/mol. The van der Waals surface area contributed by atoms with Gasteiger partial charge in [-0.3, -0.25) is 9.67 Å². The Bertz CT molecular complexity index is 643. The van der Waals surface area contributed by atoms with Gasteiger partial charge in [-0.05, 0) is 28.8 Å². The van der Waals surface area contributed by atoms with Crippen LogP contribution in [0.1, 0.15) is 17.2 Å². The van der Waals surface area contributed by atoms with Gasteiger partial charge in [0.1, 0.15) is 6.10 Å². The first-order valence-electron chi connectivity index (χ1n) is 7.83. The van der Waals surface area contributed by atoms with Crippen molar-refractivity contribution in [3.8, 4) is 0 Å². The van der Waals surface area contributed by atoms with Gasteiger partial charge in [0.05, 0.1) is 19.3 Å². The minimum atomic E-state index is 0. The van der Waals surface area contributed by atoms with E-state index in [-0.39, 0.29) is 30.1 Å². The molecule has 8 heteroatoms. The van der Waals surface area contributed by atoms with E-state index in [0.717, 1.165) is 37.6 Å². The molecule has 0 amide bonds. The molecule has 3 heterocycles. The standard InChI is InChI=1S/C16H23N5OS.HI/c1-17-16(18-5-3-13-4-8-23-12-13)21-6-7-22-15(11-21)14-9-19-20(2)10-14;/h4,8-10,12,15H,3,5-7,11H2,1-2H3,(H,17,18);1H. The third-order valence-electron chi connectivity index (χ3n) is 3.95. The number of rotatable bonds is 4. The molecule has 0 aliphatic carbocycles. The summed E-state index contributed by atoms with van der Waals surface area (Å²) >= 11 is 1.74. The van der Waals surface area contributed by atoms with Crippen molar-refractivity contribution in [2.75, 3.05) is 33.3 Å². The highest BCUT2D eigenvalue weighted by Crippen LogP contribution is 2.21. The van der Waals surface area contributed by atoms with Gasteiger partial charge in [0, 0.05) is 38.9 Å². The molecule has 0 aromatic carbocycles. The van der Waals surface area contributed by atoms with Crippen molar-refractivity contribution >= 4 is 41.3 Å². The first kappa shape index (κ1) is 19.2. The van der Waals surface area contributed by atoms with Crippen molar-refractivity contribution in [3.63, 3.8) is 0 Å². The summed E-state index contributed by atoms with van der Waals surface area (Å²) < 4.78 is 7.70. The van der Waals surface area contributed by atoms with Crippen LogP contribution in [0.25, 0.3) is 0 Å². The molecule has 0 radical (unpaired) electrons. The van der Waals surface area contributed by atoms with E-state index < -0.39 is 0 Å². The number of morpholine rings is 1. The minimum Gasteiger partial charge on any atom is -0.370 e. The van der Waals surface area contributed by atoms with Gasteiger partial charge in [-0.15, -0.1) is 24.0 Å². The molecular formula is C16H24IN5OS. The lowest BCUT2D eigenvalue weighted by atomic mass is 10.1. The Balaban J connectivity index is 0.00000208. The van der Waals surface area contributed by atoms with Gasteiger partial charge in [0.25, 0.3) is 0 Å². The Morgan fingerprint density at radius 3 is 3.08 bits per heavy atom. The van der Waals surface area contributed by atoms with Gasteiger partial charge in [0.15, 0.2) is 5.96 Å². The van der Waals surface area contributed by atoms with E-state index in [2.05, 4.69) is 37.1 Å². The van der Waals surface area contributed by atoms with Crippen molar-refractivity contribution in [3.05, 3.63) is 40.3 Å². The van der Waals surface area contributed by atoms with Gasteiger partial charge in [0.2, 0.25) is 0 Å². The molecule has 1 N–H and O–H groups in total. The highest BCUT2D eigenvalue weighted by molar-refractivity contribution is 14.0. The summed E-state index contributed by atoms with van der Waals surface area (Å²) in [4.78, 5) is 6.68. The number of aryl methyl sites for hydroxylation is 1. The van der Waals surface area contributed by atoms with Crippen LogP contribution in [0.3, 0.4) is 0 Å². The maximum atomic E-state index is 5.89. The fourth-order valence-corrected chi connectivity index (χ4v) is 3.44. The van der Waals surface area contributed by atoms with Gasteiger partial charge in [-0.2, -0.15) is 16.4 Å². The average Bonchev–Trinajstić information content (AvgIpc) is 3.23. The zero-order chi connectivity index (χ0) is 16.1. The first-order valence-corrected chi connectivity index (χ1v) is 8.77. The third-order valence-corrected chi connectivity index (χ3v) is 4.68. The van der Waals surface area contributed by atoms with E-state index in [1.807, 2.05) is 31.2 Å². The quantitative estimate of drug-likeness (QED) is 0.432. The Hall–Kier alpha value is -1.13. The second-order valence-electron chi connectivity index (χ2n) is 5.61. The van der Waals surface area contributed by atoms with E-state index in [0.29, 0.717) is 6.61 Å². The fraction of sp³-hybridized carbons (Fsp3) is 0.500. The summed E-state index contributed by atoms with van der Waals surface area (Å²) in [5.41, 5.74) is 2.49. The topological polar surface area (TPSA) is 54.7 Å². The molecule has 24 heavy (non-hydrogen) atoms. The van der Waals surface area contributed by atoms with Crippen LogP contribution in [0.2, 0.25) is 0 Å². The molecule has 1 unspecified atom stereocenters. The van der Waals surface area contributed by atoms with Crippen LogP contribution < -0.4 is 5.32 Å². The van der Waals surface area contributed by atoms with Gasteiger partial charge < -0.3 is 15.0 Å². The van der Waals surface area contributed by atoms with Crippen LogP contribution in [0.5, 0.6) is 0 Å². The van der Waals surface area contributed by atoms with E-state index in [4.69, 9.17) is 4.74 Å². The van der Waals surface area contributed by atoms with Crippen LogP contribution in [-0.2, 0) is 18.2 Å². The first-order chi connectivity index (χ1) is 11.3. The van der Waals surface area contributed by atoms with Crippen molar-refractivity contribution in [2.24, 2.45) is 12.0 Å². The number of nitrogens with zero attached hydrogens (tertiary/aromatic N) is 4. The van der Waals surface area contributed by atoms with Crippen molar-refractivity contribution in [1.29, 1.82) is 0 Å². The second kappa shape index (κ2) is 9.38. The third kappa shape index (κ3) is 4.93. The largest absolute Gasteiger partial charge is 0.370 e. The summed E-state index contributed by atoms with van der Waals surface area (Å²) in [6, 6.07) is 2.17. The van der Waals surface area contributed by atoms with Crippen LogP contribution >= 0.6 is 35.3 Å². The number of thiophene rings is 1. The van der Waals surface area contributed by atoms with Crippen LogP contribution in [-0.4, -0.2) is 53.9 Å². The molecule has 6 nitrogen and oxygen atoms in total. The Labute approximate surface area is 163 Å². The molecule has 0 spiro atoms. The summed E-state index contributed by atoms with van der Waals surface area (Å²) in [6.45, 7) is 3.24. The van der Waals surface area contributed by atoms with E-state index in [1.54, 1.807) is 11.3 Å². The van der Waals surface area contributed by atoms with Crippen LogP contribution in [0, 0.1) is 0 Å². The Kier molecular flexibility index (Phi) is 7.50. The molecule has 0 bridgehead atoms. The maximum absolute atomic E-state index is 5.89. The highest BCUT2D eigenvalue weighted by atomic mass is 127. The normalized spacial score (nSPS) is 18.3. The van der Waals surface area contributed by atoms with E-state index in [1.165, 1.54) is 5.56 Å². The molecule has 1 fully saturated rings. The van der Waals surface area contributed by atoms with Gasteiger partial charge >= 0.3 is 0 Å². The van der Waals surface area contributed by atoms with E-state index in [9.17, 15) is 0 Å². The number of aromatic nitrogens is 2. The van der Waals surface area contributed by atoms with Crippen LogP contribution in [0.4, 0.5) is 0 Å². The van der Waals surface area contributed by atoms with Gasteiger partial charge in [-0.25, -0.2) is 0 Å². The monoisotopic (exact) mass is 461 g/mol. The predicted octanol–water partition coefficient (Wildman–Crippen LogP) is 2.29. The molecule has 132 valence electrons. The van der Waals surface area contributed by atoms with Crippen molar-refractivity contribution in [2.45, 2.75) is 12.5 Å². The molecule has 2 aromatic heterocycles. The number of ether oxygens (including phenoxy) is 1. The number of halogens is 1. The Morgan fingerprint density at radius 1 is 1.54 bits per heavy atom. The molecule has 1 aliphatic rings. The second-order valence-corrected chi connectivity index (χ2v) is 6.39. The van der Waals surface area contributed by atoms with Crippen LogP contribution in [0.15, 0.2) is 34.2 Å². The number of guanidine groups is 1. The molecular weight excluding hydrogens is 437 g/mol. The number of hydrogen-bond acceptors (Lipinski definition) is 4. The SMILES string of the molecule is CN=C(NCCc1ccsc1)N1CCOC(c2cnn(C)c2)C1.I. The summed E-state index contributed by atoms with van der Waals surface area (Å²) in [7, 11) is 3.76. The maximum Gasteiger partial charge on any atom is 0.193 e. The number of aliphatic imine (C=N–C) groups is 1. The van der Waals surface area contributed by atoms with Crippen molar-refractivity contribution in [1.82, 2.24) is 20.0 Å². The molecule has 3 rings (SSSR count). The summed E-state index contributed by atoms with van der Waals surface area (Å²) in [5, 5.41) is 12.0. The number of hydrogen-bond donors (Lipinski definition) is 1. The lowest BCUT2D eigenvalue weighted by molar-refractivity contribution is -0.00800. The zero-order valence-electron chi connectivity index (χ0n) is 14.0. The van der Waals surface area contributed by atoms with Gasteiger partial charge in [-0.1, -0.05) is 0 Å². The zero-order valence-corrected chi connectivity index (χ0v) is 17.2. The lowest BCUT2D eigenvalue weighted by Gasteiger charge is -2.34. The smallest absolute Gasteiger partial charge is 0.193 e. The molecule has 1 atom stereocenters. The highest BCUT2D eigenvalue weighted by Gasteiger charge is 2.24. The molecule has 0 saturated carbocycles. The molecule has 1 saturated heterocycles. The molecule has 1 aliphatic heterocycles. The Morgan fingerprint density at radius 2 is 2.42 bits per heavy atom. The number of nitrogens with one attached hydrogen (secondary N) is 1. The summed E-state index contributed by atoms with van der Waals surface area (Å²) in [6.07, 6.45) is 4.95. The van der Waals surface area contributed by atoms with E-state index >= 15 is 0 Å².